The second-order valence-electron chi connectivity index (χ2n) is 9.72. The van der Waals surface area contributed by atoms with Crippen molar-refractivity contribution in [3.8, 4) is 11.3 Å². The van der Waals surface area contributed by atoms with Crippen molar-refractivity contribution in [2.75, 3.05) is 31.7 Å². The third kappa shape index (κ3) is 4.44. The maximum absolute atomic E-state index is 14.0. The number of halogens is 3. The highest BCUT2D eigenvalue weighted by Crippen LogP contribution is 2.39. The summed E-state index contributed by atoms with van der Waals surface area (Å²) in [6, 6.07) is 6.12. The van der Waals surface area contributed by atoms with Crippen LogP contribution in [0.5, 0.6) is 0 Å². The fraction of sp³-hybridized carbons (Fsp3) is 0.400. The van der Waals surface area contributed by atoms with Gasteiger partial charge in [0, 0.05) is 24.3 Å². The molecule has 0 bridgehead atoms. The summed E-state index contributed by atoms with van der Waals surface area (Å²) in [5, 5.41) is 18.6. The number of fused-ring (bicyclic) bond motifs is 1. The summed E-state index contributed by atoms with van der Waals surface area (Å²) in [7, 11) is 0. The van der Waals surface area contributed by atoms with Gasteiger partial charge in [0.15, 0.2) is 11.6 Å². The molecule has 4 heterocycles. The average Bonchev–Trinajstić information content (AvgIpc) is 3.18. The molecule has 0 saturated carbocycles. The minimum Gasteiger partial charge on any atom is -0.394 e. The fourth-order valence-electron chi connectivity index (χ4n) is 4.73. The molecule has 2 aliphatic rings. The molecule has 1 fully saturated rings. The molecule has 2 aliphatic heterocycles. The first-order chi connectivity index (χ1) is 17.2. The number of carbonyl (C=O) groups is 1. The van der Waals surface area contributed by atoms with Crippen LogP contribution in [0.1, 0.15) is 35.9 Å². The maximum Gasteiger partial charge on any atom is 0.272 e. The first kappa shape index (κ1) is 24.6. The van der Waals surface area contributed by atoms with Crippen LogP contribution in [0.4, 0.5) is 14.6 Å². The Morgan fingerprint density at radius 1 is 1.19 bits per heavy atom. The lowest BCUT2D eigenvalue weighted by Crippen LogP contribution is -2.53. The Bertz CT molecular complexity index is 1310. The van der Waals surface area contributed by atoms with Crippen LogP contribution in [0, 0.1) is 17.0 Å². The van der Waals surface area contributed by atoms with Crippen molar-refractivity contribution in [3.63, 3.8) is 0 Å². The van der Waals surface area contributed by atoms with E-state index in [0.717, 1.165) is 12.1 Å². The van der Waals surface area contributed by atoms with E-state index >= 15 is 0 Å². The summed E-state index contributed by atoms with van der Waals surface area (Å²) in [5.74, 6) is -1.79. The Hall–Kier alpha value is -3.08. The van der Waals surface area contributed by atoms with Crippen LogP contribution in [-0.2, 0) is 11.3 Å². The predicted octanol–water partition coefficient (Wildman–Crippen LogP) is 3.90. The SMILES string of the molecule is CC(C)Nc1cc(-c2cc3n(n2)CC2(COC2)CN([C@H](CO)c2ccc(F)c(F)c2)C3=O)c(Cl)cn1. The van der Waals surface area contributed by atoms with E-state index in [0.29, 0.717) is 53.1 Å². The summed E-state index contributed by atoms with van der Waals surface area (Å²) < 4.78 is 34.7. The number of rotatable bonds is 6. The van der Waals surface area contributed by atoms with Gasteiger partial charge in [-0.1, -0.05) is 17.7 Å². The van der Waals surface area contributed by atoms with Gasteiger partial charge in [-0.15, -0.1) is 0 Å². The highest BCUT2D eigenvalue weighted by molar-refractivity contribution is 6.33. The number of pyridine rings is 1. The predicted molar refractivity (Wildman–Crippen MR) is 130 cm³/mol. The van der Waals surface area contributed by atoms with Crippen LogP contribution in [0.3, 0.4) is 0 Å². The van der Waals surface area contributed by atoms with Crippen LogP contribution in [0.25, 0.3) is 11.3 Å². The first-order valence-electron chi connectivity index (χ1n) is 11.6. The van der Waals surface area contributed by atoms with E-state index < -0.39 is 29.7 Å². The average molecular weight is 518 g/mol. The lowest BCUT2D eigenvalue weighted by atomic mass is 9.85. The Labute approximate surface area is 211 Å². The molecule has 2 aromatic heterocycles. The second kappa shape index (κ2) is 9.42. The quantitative estimate of drug-likeness (QED) is 0.515. The normalized spacial score (nSPS) is 17.6. The zero-order chi connectivity index (χ0) is 25.6. The van der Waals surface area contributed by atoms with Crippen molar-refractivity contribution >= 4 is 23.3 Å². The van der Waals surface area contributed by atoms with Crippen LogP contribution >= 0.6 is 11.6 Å². The third-order valence-electron chi connectivity index (χ3n) is 6.51. The van der Waals surface area contributed by atoms with Gasteiger partial charge in [-0.05, 0) is 43.7 Å². The molecule has 11 heteroatoms. The summed E-state index contributed by atoms with van der Waals surface area (Å²) in [4.78, 5) is 19.6. The summed E-state index contributed by atoms with van der Waals surface area (Å²) in [6.45, 7) is 5.02. The van der Waals surface area contributed by atoms with E-state index in [1.807, 2.05) is 13.8 Å². The molecule has 1 amide bonds. The maximum atomic E-state index is 14.0. The second-order valence-corrected chi connectivity index (χ2v) is 10.1. The van der Waals surface area contributed by atoms with Crippen LogP contribution in [0.2, 0.25) is 5.02 Å². The molecule has 2 N–H and O–H groups in total. The molecular weight excluding hydrogens is 492 g/mol. The number of nitrogens with one attached hydrogen (secondary N) is 1. The van der Waals surface area contributed by atoms with E-state index in [-0.39, 0.29) is 18.5 Å². The number of amides is 1. The van der Waals surface area contributed by atoms with Gasteiger partial charge in [0.2, 0.25) is 0 Å². The van der Waals surface area contributed by atoms with Gasteiger partial charge in [0.25, 0.3) is 5.91 Å². The van der Waals surface area contributed by atoms with Gasteiger partial charge in [0.1, 0.15) is 11.5 Å². The number of hydrogen-bond donors (Lipinski definition) is 2. The minimum absolute atomic E-state index is 0.158. The summed E-state index contributed by atoms with van der Waals surface area (Å²) in [6.07, 6.45) is 1.53. The molecule has 0 radical (unpaired) electrons. The molecule has 0 aliphatic carbocycles. The van der Waals surface area contributed by atoms with Gasteiger partial charge in [0.05, 0.1) is 48.5 Å². The lowest BCUT2D eigenvalue weighted by Gasteiger charge is -2.44. The van der Waals surface area contributed by atoms with E-state index in [4.69, 9.17) is 21.4 Å². The number of benzene rings is 1. The Morgan fingerprint density at radius 2 is 1.97 bits per heavy atom. The van der Waals surface area contributed by atoms with E-state index in [1.54, 1.807) is 16.8 Å². The topological polar surface area (TPSA) is 92.5 Å². The van der Waals surface area contributed by atoms with Crippen molar-refractivity contribution in [1.82, 2.24) is 19.7 Å². The number of aliphatic hydroxyl groups is 1. The van der Waals surface area contributed by atoms with E-state index in [1.165, 1.54) is 17.2 Å². The Kier molecular flexibility index (Phi) is 6.44. The van der Waals surface area contributed by atoms with Gasteiger partial charge in [-0.3, -0.25) is 9.48 Å². The minimum atomic E-state index is -1.04. The molecule has 8 nitrogen and oxygen atoms in total. The monoisotopic (exact) mass is 517 g/mol. The van der Waals surface area contributed by atoms with Gasteiger partial charge in [-0.2, -0.15) is 5.10 Å². The number of carbonyl (C=O) groups excluding carboxylic acids is 1. The first-order valence-corrected chi connectivity index (χ1v) is 12.0. The number of aromatic nitrogens is 3. The summed E-state index contributed by atoms with van der Waals surface area (Å²) in [5.41, 5.74) is 1.30. The van der Waals surface area contributed by atoms with Crippen LogP contribution in [-0.4, -0.2) is 63.1 Å². The fourth-order valence-corrected chi connectivity index (χ4v) is 4.93. The molecule has 1 aromatic carbocycles. The molecule has 36 heavy (non-hydrogen) atoms. The highest BCUT2D eigenvalue weighted by Gasteiger charge is 2.47. The van der Waals surface area contributed by atoms with Crippen LogP contribution in [0.15, 0.2) is 36.5 Å². The standard InChI is InChI=1S/C25H26ClF2N5O3/c1-14(2)30-23-6-16(17(26)8-29-23)20-7-21-24(35)32(10-25(12-36-13-25)11-33(21)31-20)22(9-34)15-3-4-18(27)19(28)5-15/h3-8,14,22,34H,9-13H2,1-2H3,(H,29,30)/t22-/m1/s1. The molecule has 1 spiro atoms. The summed E-state index contributed by atoms with van der Waals surface area (Å²) >= 11 is 6.45. The zero-order valence-corrected chi connectivity index (χ0v) is 20.6. The van der Waals surface area contributed by atoms with Crippen molar-refractivity contribution in [3.05, 3.63) is 64.4 Å². The zero-order valence-electron chi connectivity index (χ0n) is 19.8. The van der Waals surface area contributed by atoms with Crippen LogP contribution < -0.4 is 5.32 Å². The third-order valence-corrected chi connectivity index (χ3v) is 6.81. The number of hydrogen-bond acceptors (Lipinski definition) is 6. The van der Waals surface area contributed by atoms with Gasteiger partial charge in [-0.25, -0.2) is 13.8 Å². The number of nitrogens with zero attached hydrogens (tertiary/aromatic N) is 4. The smallest absolute Gasteiger partial charge is 0.272 e. The number of ether oxygens (including phenoxy) is 1. The van der Waals surface area contributed by atoms with Crippen molar-refractivity contribution in [2.45, 2.75) is 32.5 Å². The van der Waals surface area contributed by atoms with Crippen molar-refractivity contribution < 1.29 is 23.4 Å². The molecule has 1 atom stereocenters. The molecule has 3 aromatic rings. The Balaban J connectivity index is 1.56. The molecule has 190 valence electrons. The van der Waals surface area contributed by atoms with Crippen molar-refractivity contribution in [1.29, 1.82) is 0 Å². The van der Waals surface area contributed by atoms with E-state index in [2.05, 4.69) is 10.3 Å². The van der Waals surface area contributed by atoms with Gasteiger partial charge >= 0.3 is 0 Å². The molecule has 5 rings (SSSR count). The highest BCUT2D eigenvalue weighted by atomic mass is 35.5. The largest absolute Gasteiger partial charge is 0.394 e. The molecule has 0 unspecified atom stereocenters. The number of anilines is 1. The molecular formula is C25H26ClF2N5O3. The number of aliphatic hydroxyl groups excluding tert-OH is 1. The Morgan fingerprint density at radius 3 is 2.61 bits per heavy atom. The van der Waals surface area contributed by atoms with Crippen molar-refractivity contribution in [2.24, 2.45) is 5.41 Å². The van der Waals surface area contributed by atoms with E-state index in [9.17, 15) is 18.7 Å². The molecule has 1 saturated heterocycles. The lowest BCUT2D eigenvalue weighted by molar-refractivity contribution is -0.133. The van der Waals surface area contributed by atoms with Gasteiger partial charge < -0.3 is 20.1 Å².